The van der Waals surface area contributed by atoms with Gasteiger partial charge < -0.3 is 9.72 Å². The molecular weight excluding hydrogens is 258 g/mol. The van der Waals surface area contributed by atoms with Gasteiger partial charge in [0.05, 0.1) is 6.61 Å². The Balaban J connectivity index is 1.99. The summed E-state index contributed by atoms with van der Waals surface area (Å²) in [6, 6.07) is 6.45. The summed E-state index contributed by atoms with van der Waals surface area (Å²) in [5, 5.41) is 1.37. The first-order valence-electron chi connectivity index (χ1n) is 8.31. The van der Waals surface area contributed by atoms with E-state index in [0.717, 1.165) is 18.3 Å². The number of nitrogens with one attached hydrogen (secondary N) is 1. The summed E-state index contributed by atoms with van der Waals surface area (Å²) < 4.78 is 5.68. The standard InChI is InChI=1S/C19H27NO/c1-5-19(3,4)13-7-9-17-15(11-13)16-12-14(21-6-2)8-10-18(16)20-17/h8,10,12-13,20H,5-7,9,11H2,1-4H3. The molecule has 1 aromatic carbocycles. The molecule has 1 heterocycles. The molecule has 0 fully saturated rings. The highest BCUT2D eigenvalue weighted by atomic mass is 16.5. The Bertz CT molecular complexity index is 638. The Morgan fingerprint density at radius 3 is 2.81 bits per heavy atom. The van der Waals surface area contributed by atoms with Crippen LogP contribution < -0.4 is 4.74 Å². The molecule has 0 aliphatic heterocycles. The Hall–Kier alpha value is -1.44. The first-order chi connectivity index (χ1) is 10.0. The molecule has 0 spiro atoms. The molecule has 1 aliphatic carbocycles. The van der Waals surface area contributed by atoms with E-state index in [1.807, 2.05) is 6.92 Å². The van der Waals surface area contributed by atoms with Crippen molar-refractivity contribution in [3.63, 3.8) is 0 Å². The third-order valence-electron chi connectivity index (χ3n) is 5.49. The van der Waals surface area contributed by atoms with E-state index in [0.29, 0.717) is 5.41 Å². The van der Waals surface area contributed by atoms with E-state index in [1.54, 1.807) is 0 Å². The fourth-order valence-corrected chi connectivity index (χ4v) is 3.61. The third-order valence-corrected chi connectivity index (χ3v) is 5.49. The number of rotatable bonds is 4. The SMILES string of the molecule is CCOc1ccc2[nH]c3c(c2c1)CC(C(C)(C)CC)CC3. The van der Waals surface area contributed by atoms with Crippen LogP contribution in [0.15, 0.2) is 18.2 Å². The first-order valence-corrected chi connectivity index (χ1v) is 8.31. The molecule has 1 N–H and O–H groups in total. The van der Waals surface area contributed by atoms with Gasteiger partial charge in [-0.25, -0.2) is 0 Å². The van der Waals surface area contributed by atoms with Crippen molar-refractivity contribution in [2.24, 2.45) is 11.3 Å². The molecule has 2 aromatic rings. The van der Waals surface area contributed by atoms with E-state index in [4.69, 9.17) is 4.74 Å². The van der Waals surface area contributed by atoms with Gasteiger partial charge in [-0.3, -0.25) is 0 Å². The highest BCUT2D eigenvalue weighted by molar-refractivity contribution is 5.86. The lowest BCUT2D eigenvalue weighted by atomic mass is 9.69. The van der Waals surface area contributed by atoms with Crippen molar-refractivity contribution < 1.29 is 4.74 Å². The highest BCUT2D eigenvalue weighted by Crippen LogP contribution is 2.42. The van der Waals surface area contributed by atoms with E-state index in [-0.39, 0.29) is 0 Å². The molecule has 1 atom stereocenters. The number of H-pyrrole nitrogens is 1. The first kappa shape index (κ1) is 14.5. The molecule has 1 aliphatic rings. The summed E-state index contributed by atoms with van der Waals surface area (Å²) >= 11 is 0. The van der Waals surface area contributed by atoms with Gasteiger partial charge in [0.2, 0.25) is 0 Å². The highest BCUT2D eigenvalue weighted by Gasteiger charge is 2.32. The number of hydrogen-bond donors (Lipinski definition) is 1. The smallest absolute Gasteiger partial charge is 0.120 e. The van der Waals surface area contributed by atoms with Crippen molar-refractivity contribution in [1.29, 1.82) is 0 Å². The lowest BCUT2D eigenvalue weighted by Crippen LogP contribution is -2.28. The van der Waals surface area contributed by atoms with E-state index >= 15 is 0 Å². The van der Waals surface area contributed by atoms with Crippen LogP contribution in [-0.4, -0.2) is 11.6 Å². The van der Waals surface area contributed by atoms with Crippen LogP contribution in [0.4, 0.5) is 0 Å². The fraction of sp³-hybridized carbons (Fsp3) is 0.579. The number of fused-ring (bicyclic) bond motifs is 3. The fourth-order valence-electron chi connectivity index (χ4n) is 3.61. The number of hydrogen-bond acceptors (Lipinski definition) is 1. The zero-order chi connectivity index (χ0) is 15.0. The average Bonchev–Trinajstić information content (AvgIpc) is 2.85. The van der Waals surface area contributed by atoms with Crippen LogP contribution in [0.2, 0.25) is 0 Å². The van der Waals surface area contributed by atoms with Crippen molar-refractivity contribution in [2.75, 3.05) is 6.61 Å². The predicted octanol–water partition coefficient (Wildman–Crippen LogP) is 5.11. The van der Waals surface area contributed by atoms with Crippen LogP contribution in [0.25, 0.3) is 10.9 Å². The molecule has 0 radical (unpaired) electrons. The maximum absolute atomic E-state index is 5.68. The molecule has 2 heteroatoms. The number of aromatic amines is 1. The monoisotopic (exact) mass is 285 g/mol. The van der Waals surface area contributed by atoms with Crippen molar-refractivity contribution >= 4 is 10.9 Å². The Labute approximate surface area is 127 Å². The van der Waals surface area contributed by atoms with Crippen LogP contribution in [0.1, 0.15) is 51.8 Å². The van der Waals surface area contributed by atoms with Gasteiger partial charge in [0.15, 0.2) is 0 Å². The second-order valence-electron chi connectivity index (χ2n) is 7.00. The minimum atomic E-state index is 0.429. The van der Waals surface area contributed by atoms with Gasteiger partial charge >= 0.3 is 0 Å². The minimum absolute atomic E-state index is 0.429. The number of benzene rings is 1. The van der Waals surface area contributed by atoms with Crippen molar-refractivity contribution in [1.82, 2.24) is 4.98 Å². The molecule has 0 amide bonds. The summed E-state index contributed by atoms with van der Waals surface area (Å²) in [6.07, 6.45) is 4.94. The number of ether oxygens (including phenoxy) is 1. The molecule has 21 heavy (non-hydrogen) atoms. The van der Waals surface area contributed by atoms with Crippen molar-refractivity contribution in [3.05, 3.63) is 29.5 Å². The average molecular weight is 285 g/mol. The Morgan fingerprint density at radius 2 is 2.10 bits per heavy atom. The molecule has 0 saturated heterocycles. The van der Waals surface area contributed by atoms with Crippen LogP contribution in [0.3, 0.4) is 0 Å². The van der Waals surface area contributed by atoms with Crippen LogP contribution in [-0.2, 0) is 12.8 Å². The number of aromatic nitrogens is 1. The third kappa shape index (κ3) is 2.56. The van der Waals surface area contributed by atoms with Gasteiger partial charge in [-0.15, -0.1) is 0 Å². The van der Waals surface area contributed by atoms with Crippen LogP contribution in [0.5, 0.6) is 5.75 Å². The molecule has 1 unspecified atom stereocenters. The second kappa shape index (κ2) is 5.40. The van der Waals surface area contributed by atoms with Gasteiger partial charge in [-0.05, 0) is 61.3 Å². The van der Waals surface area contributed by atoms with Gasteiger partial charge in [-0.1, -0.05) is 27.2 Å². The van der Waals surface area contributed by atoms with Crippen LogP contribution >= 0.6 is 0 Å². The largest absolute Gasteiger partial charge is 0.494 e. The van der Waals surface area contributed by atoms with Gasteiger partial charge in [0.25, 0.3) is 0 Å². The summed E-state index contributed by atoms with van der Waals surface area (Å²) in [4.78, 5) is 3.62. The van der Waals surface area contributed by atoms with Gasteiger partial charge in [0.1, 0.15) is 5.75 Å². The van der Waals surface area contributed by atoms with E-state index in [2.05, 4.69) is 44.0 Å². The summed E-state index contributed by atoms with van der Waals surface area (Å²) in [7, 11) is 0. The molecule has 114 valence electrons. The molecule has 0 bridgehead atoms. The van der Waals surface area contributed by atoms with Crippen molar-refractivity contribution in [3.8, 4) is 5.75 Å². The maximum atomic E-state index is 5.68. The van der Waals surface area contributed by atoms with E-state index in [9.17, 15) is 0 Å². The Kier molecular flexibility index (Phi) is 3.73. The summed E-state index contributed by atoms with van der Waals surface area (Å²) in [6.45, 7) is 9.92. The van der Waals surface area contributed by atoms with Crippen molar-refractivity contribution in [2.45, 2.75) is 53.4 Å². The van der Waals surface area contributed by atoms with E-state index in [1.165, 1.54) is 47.8 Å². The quantitative estimate of drug-likeness (QED) is 0.829. The topological polar surface area (TPSA) is 25.0 Å². The van der Waals surface area contributed by atoms with Gasteiger partial charge in [-0.2, -0.15) is 0 Å². The normalized spacial score (nSPS) is 18.8. The minimum Gasteiger partial charge on any atom is -0.494 e. The maximum Gasteiger partial charge on any atom is 0.120 e. The summed E-state index contributed by atoms with van der Waals surface area (Å²) in [5.41, 5.74) is 4.67. The lowest BCUT2D eigenvalue weighted by Gasteiger charge is -2.36. The molecule has 2 nitrogen and oxygen atoms in total. The second-order valence-corrected chi connectivity index (χ2v) is 7.00. The molecule has 0 saturated carbocycles. The predicted molar refractivity (Wildman–Crippen MR) is 89.1 cm³/mol. The zero-order valence-corrected chi connectivity index (χ0v) is 13.8. The Morgan fingerprint density at radius 1 is 1.29 bits per heavy atom. The van der Waals surface area contributed by atoms with Gasteiger partial charge in [0, 0.05) is 16.6 Å². The summed E-state index contributed by atoms with van der Waals surface area (Å²) in [5.74, 6) is 1.77. The molecule has 1 aromatic heterocycles. The number of aryl methyl sites for hydroxylation is 1. The molecule has 3 rings (SSSR count). The van der Waals surface area contributed by atoms with Crippen LogP contribution in [0, 0.1) is 11.3 Å². The zero-order valence-electron chi connectivity index (χ0n) is 13.8. The molecular formula is C19H27NO. The lowest BCUT2D eigenvalue weighted by molar-refractivity contribution is 0.183. The van der Waals surface area contributed by atoms with E-state index < -0.39 is 0 Å².